The van der Waals surface area contributed by atoms with Crippen LogP contribution in [0.25, 0.3) is 0 Å². The van der Waals surface area contributed by atoms with E-state index < -0.39 is 11.9 Å². The quantitative estimate of drug-likeness (QED) is 0.629. The summed E-state index contributed by atoms with van der Waals surface area (Å²) in [6, 6.07) is 2.55. The molecule has 1 nitrogen and oxygen atoms in total. The van der Waals surface area contributed by atoms with Gasteiger partial charge in [-0.1, -0.05) is 20.8 Å². The molecule has 0 saturated carbocycles. The van der Waals surface area contributed by atoms with Crippen molar-refractivity contribution in [3.05, 3.63) is 29.6 Å². The highest BCUT2D eigenvalue weighted by molar-refractivity contribution is 5.24. The van der Waals surface area contributed by atoms with Gasteiger partial charge in [-0.15, -0.1) is 0 Å². The third-order valence-electron chi connectivity index (χ3n) is 1.85. The minimum atomic E-state index is -4.39. The second kappa shape index (κ2) is 3.26. The molecule has 1 rings (SSSR count). The Morgan fingerprint density at radius 2 is 1.79 bits per heavy atom. The molecule has 1 aromatic rings. The largest absolute Gasteiger partial charge is 0.433 e. The fourth-order valence-electron chi connectivity index (χ4n) is 0.971. The lowest BCUT2D eigenvalue weighted by Gasteiger charge is -2.19. The Balaban J connectivity index is 3.15. The number of pyridine rings is 1. The molecule has 0 unspecified atom stereocenters. The van der Waals surface area contributed by atoms with E-state index in [1.165, 1.54) is 6.07 Å². The average molecular weight is 202 g/mol. The lowest BCUT2D eigenvalue weighted by Crippen LogP contribution is -2.15. The van der Waals surface area contributed by atoms with Crippen molar-refractivity contribution in [2.24, 2.45) is 0 Å². The minimum absolute atomic E-state index is 0.320. The summed E-state index contributed by atoms with van der Waals surface area (Å²) in [6.45, 7) is 5.53. The van der Waals surface area contributed by atoms with E-state index in [0.29, 0.717) is 5.56 Å². The Morgan fingerprint density at radius 3 is 2.21 bits per heavy atom. The molecular weight excluding hydrogens is 191 g/mol. The van der Waals surface area contributed by atoms with Gasteiger partial charge < -0.3 is 0 Å². The summed E-state index contributed by atoms with van der Waals surface area (Å²) < 4.78 is 36.8. The Labute approximate surface area is 81.0 Å². The number of aromatic nitrogens is 1. The van der Waals surface area contributed by atoms with Crippen LogP contribution in [0.4, 0.5) is 13.2 Å². The van der Waals surface area contributed by atoms with Crippen molar-refractivity contribution in [3.63, 3.8) is 0 Å². The summed E-state index contributed by atoms with van der Waals surface area (Å²) in [5.74, 6) is 0. The topological polar surface area (TPSA) is 12.9 Å². The molecule has 0 atom stereocenters. The molecule has 0 aliphatic rings. The highest BCUT2D eigenvalue weighted by atomic mass is 19.4. The second-order valence-electron chi connectivity index (χ2n) is 4.12. The minimum Gasteiger partial charge on any atom is -0.242 e. The maximum Gasteiger partial charge on any atom is 0.433 e. The zero-order valence-electron chi connectivity index (χ0n) is 8.24. The third-order valence-corrected chi connectivity index (χ3v) is 1.85. The van der Waals surface area contributed by atoms with Crippen LogP contribution in [0.15, 0.2) is 12.1 Å². The molecule has 0 N–H and O–H groups in total. The molecule has 0 amide bonds. The number of rotatable bonds is 0. The average Bonchev–Trinajstić information content (AvgIpc) is 2.01. The number of hydrogen-bond donors (Lipinski definition) is 0. The van der Waals surface area contributed by atoms with Gasteiger partial charge in [-0.05, 0) is 23.1 Å². The maximum absolute atomic E-state index is 12.3. The van der Waals surface area contributed by atoms with Crippen molar-refractivity contribution in [1.29, 1.82) is 0 Å². The molecule has 0 aliphatic heterocycles. The fourth-order valence-corrected chi connectivity index (χ4v) is 0.971. The predicted molar refractivity (Wildman–Crippen MR) is 46.8 cm³/mol. The Kier molecular flexibility index (Phi) is 2.56. The van der Waals surface area contributed by atoms with Crippen LogP contribution in [0.2, 0.25) is 0 Å². The Morgan fingerprint density at radius 1 is 1.21 bits per heavy atom. The molecule has 0 spiro atoms. The van der Waals surface area contributed by atoms with Crippen molar-refractivity contribution in [2.45, 2.75) is 32.4 Å². The highest BCUT2D eigenvalue weighted by Crippen LogP contribution is 2.30. The lowest BCUT2D eigenvalue weighted by atomic mass is 9.87. The van der Waals surface area contributed by atoms with Crippen molar-refractivity contribution in [3.8, 4) is 0 Å². The van der Waals surface area contributed by atoms with Gasteiger partial charge in [-0.3, -0.25) is 0 Å². The van der Waals surface area contributed by atoms with Gasteiger partial charge in [0.1, 0.15) is 5.69 Å². The highest BCUT2D eigenvalue weighted by Gasteiger charge is 2.33. The summed E-state index contributed by atoms with van der Waals surface area (Å²) >= 11 is 0. The van der Waals surface area contributed by atoms with Gasteiger partial charge in [-0.25, -0.2) is 4.98 Å². The van der Waals surface area contributed by atoms with Crippen LogP contribution in [0.5, 0.6) is 0 Å². The molecule has 14 heavy (non-hydrogen) atoms. The van der Waals surface area contributed by atoms with E-state index >= 15 is 0 Å². The van der Waals surface area contributed by atoms with E-state index in [0.717, 1.165) is 6.07 Å². The van der Waals surface area contributed by atoms with Gasteiger partial charge in [0.25, 0.3) is 0 Å². The maximum atomic E-state index is 12.3. The number of nitrogens with zero attached hydrogens (tertiary/aromatic N) is 1. The molecule has 77 valence electrons. The monoisotopic (exact) mass is 202 g/mol. The van der Waals surface area contributed by atoms with Crippen LogP contribution in [0.3, 0.4) is 0 Å². The molecule has 0 bridgehead atoms. The van der Waals surface area contributed by atoms with Crippen LogP contribution in [-0.4, -0.2) is 4.98 Å². The van der Waals surface area contributed by atoms with Crippen molar-refractivity contribution in [2.75, 3.05) is 0 Å². The normalized spacial score (nSPS) is 13.0. The van der Waals surface area contributed by atoms with Gasteiger partial charge in [0, 0.05) is 0 Å². The van der Waals surface area contributed by atoms with E-state index in [1.807, 2.05) is 20.8 Å². The van der Waals surface area contributed by atoms with Gasteiger partial charge >= 0.3 is 6.18 Å². The van der Waals surface area contributed by atoms with Gasteiger partial charge in [0.05, 0.1) is 6.20 Å². The molecule has 0 aromatic carbocycles. The number of alkyl halides is 3. The molecule has 0 aliphatic carbocycles. The summed E-state index contributed by atoms with van der Waals surface area (Å²) in [5.41, 5.74) is -0.621. The smallest absolute Gasteiger partial charge is 0.242 e. The van der Waals surface area contributed by atoms with E-state index in [9.17, 15) is 13.2 Å². The first-order valence-electron chi connectivity index (χ1n) is 4.17. The van der Waals surface area contributed by atoms with Crippen molar-refractivity contribution in [1.82, 2.24) is 4.98 Å². The van der Waals surface area contributed by atoms with Gasteiger partial charge in [0.2, 0.25) is 0 Å². The fraction of sp³-hybridized carbons (Fsp3) is 0.500. The lowest BCUT2D eigenvalue weighted by molar-refractivity contribution is -0.141. The second-order valence-corrected chi connectivity index (χ2v) is 4.12. The summed E-state index contributed by atoms with van der Waals surface area (Å²) in [6.07, 6.45) is -2.12. The molecule has 4 heteroatoms. The molecule has 1 aromatic heterocycles. The van der Waals surface area contributed by atoms with Crippen LogP contribution in [-0.2, 0) is 11.6 Å². The molecular formula is C10H11F3N. The van der Waals surface area contributed by atoms with Crippen LogP contribution in [0, 0.1) is 6.20 Å². The van der Waals surface area contributed by atoms with E-state index in [-0.39, 0.29) is 5.41 Å². The first-order chi connectivity index (χ1) is 6.21. The third kappa shape index (κ3) is 2.47. The zero-order valence-corrected chi connectivity index (χ0v) is 8.24. The van der Waals surface area contributed by atoms with Crippen LogP contribution in [0.1, 0.15) is 32.0 Å². The van der Waals surface area contributed by atoms with Crippen molar-refractivity contribution >= 4 is 0 Å². The standard InChI is InChI=1S/C10H11F3N/c1-9(2,3)7-4-5-14-8(6-7)10(11,12)13/h4,6H,1-3H3. The van der Waals surface area contributed by atoms with Crippen LogP contribution < -0.4 is 0 Å². The Hall–Kier alpha value is -1.06. The van der Waals surface area contributed by atoms with Crippen LogP contribution >= 0.6 is 0 Å². The van der Waals surface area contributed by atoms with E-state index in [4.69, 9.17) is 0 Å². The van der Waals surface area contributed by atoms with Gasteiger partial charge in [-0.2, -0.15) is 13.2 Å². The Bertz CT molecular complexity index is 294. The van der Waals surface area contributed by atoms with E-state index in [1.54, 1.807) is 0 Å². The van der Waals surface area contributed by atoms with E-state index in [2.05, 4.69) is 11.2 Å². The number of halogens is 3. The summed E-state index contributed by atoms with van der Waals surface area (Å²) in [4.78, 5) is 3.17. The zero-order chi connectivity index (χ0) is 11.0. The first kappa shape index (κ1) is 11.0. The first-order valence-corrected chi connectivity index (χ1v) is 4.17. The SMILES string of the molecule is CC(C)(C)c1c[c]nc(C(F)(F)F)c1. The number of hydrogen-bond acceptors (Lipinski definition) is 1. The van der Waals surface area contributed by atoms with Gasteiger partial charge in [0.15, 0.2) is 0 Å². The predicted octanol–water partition coefficient (Wildman–Crippen LogP) is 3.20. The molecule has 1 radical (unpaired) electrons. The summed E-state index contributed by atoms with van der Waals surface area (Å²) in [7, 11) is 0. The van der Waals surface area contributed by atoms with Crippen molar-refractivity contribution < 1.29 is 13.2 Å². The summed E-state index contributed by atoms with van der Waals surface area (Å²) in [5, 5.41) is 0. The molecule has 0 saturated heterocycles. The molecule has 0 fully saturated rings. The molecule has 1 heterocycles.